The summed E-state index contributed by atoms with van der Waals surface area (Å²) in [5.74, 6) is 0. The van der Waals surface area contributed by atoms with Crippen molar-refractivity contribution in [2.45, 2.75) is 90.8 Å². The zero-order valence-corrected chi connectivity index (χ0v) is 15.1. The molecule has 1 fully saturated rings. The first-order valence-electron chi connectivity index (χ1n) is 9.22. The van der Waals surface area contributed by atoms with E-state index in [1.165, 1.54) is 38.5 Å². The van der Waals surface area contributed by atoms with Gasteiger partial charge in [0, 0.05) is 18.2 Å². The third-order valence-electron chi connectivity index (χ3n) is 5.45. The van der Waals surface area contributed by atoms with Crippen molar-refractivity contribution in [2.75, 3.05) is 26.2 Å². The lowest BCUT2D eigenvalue weighted by atomic mass is 9.83. The van der Waals surface area contributed by atoms with E-state index in [0.29, 0.717) is 12.1 Å². The van der Waals surface area contributed by atoms with Crippen LogP contribution < -0.4 is 5.32 Å². The van der Waals surface area contributed by atoms with Crippen LogP contribution in [-0.2, 0) is 4.74 Å². The van der Waals surface area contributed by atoms with Crippen molar-refractivity contribution in [1.82, 2.24) is 10.2 Å². The van der Waals surface area contributed by atoms with E-state index in [1.807, 2.05) is 0 Å². The Balaban J connectivity index is 2.58. The number of hydrogen-bond acceptors (Lipinski definition) is 3. The molecule has 0 aromatic carbocycles. The smallest absolute Gasteiger partial charge is 0.0576 e. The van der Waals surface area contributed by atoms with E-state index in [0.717, 1.165) is 26.2 Å². The molecule has 21 heavy (non-hydrogen) atoms. The molecule has 0 radical (unpaired) electrons. The molecule has 1 saturated heterocycles. The molecule has 3 heteroatoms. The molecule has 0 saturated carbocycles. The number of hydrogen-bond donors (Lipinski definition) is 1. The molecule has 1 aliphatic heterocycles. The highest BCUT2D eigenvalue weighted by molar-refractivity contribution is 4.95. The first-order chi connectivity index (χ1) is 10.1. The van der Waals surface area contributed by atoms with Gasteiger partial charge in [-0.15, -0.1) is 0 Å². The predicted molar refractivity (Wildman–Crippen MR) is 91.9 cm³/mol. The van der Waals surface area contributed by atoms with E-state index in [-0.39, 0.29) is 5.54 Å². The second kappa shape index (κ2) is 9.81. The molecule has 1 N–H and O–H groups in total. The van der Waals surface area contributed by atoms with Crippen molar-refractivity contribution < 1.29 is 4.74 Å². The molecule has 0 amide bonds. The minimum Gasteiger partial charge on any atom is -0.378 e. The summed E-state index contributed by atoms with van der Waals surface area (Å²) < 4.78 is 5.77. The first-order valence-corrected chi connectivity index (χ1v) is 9.22. The summed E-state index contributed by atoms with van der Waals surface area (Å²) in [6.07, 6.45) is 8.04. The molecule has 0 aliphatic carbocycles. The second-order valence-electron chi connectivity index (χ2n) is 6.56. The van der Waals surface area contributed by atoms with Crippen molar-refractivity contribution in [3.63, 3.8) is 0 Å². The van der Waals surface area contributed by atoms with Crippen molar-refractivity contribution in [3.05, 3.63) is 0 Å². The van der Waals surface area contributed by atoms with E-state index in [4.69, 9.17) is 4.74 Å². The number of nitrogens with one attached hydrogen (secondary N) is 1. The van der Waals surface area contributed by atoms with Crippen molar-refractivity contribution in [3.8, 4) is 0 Å². The number of nitrogens with zero attached hydrogens (tertiary/aromatic N) is 1. The lowest BCUT2D eigenvalue weighted by Gasteiger charge is -2.46. The van der Waals surface area contributed by atoms with Gasteiger partial charge >= 0.3 is 0 Å². The monoisotopic (exact) mass is 298 g/mol. The Morgan fingerprint density at radius 1 is 1.24 bits per heavy atom. The van der Waals surface area contributed by atoms with E-state index in [9.17, 15) is 0 Å². The van der Waals surface area contributed by atoms with Gasteiger partial charge in [-0.2, -0.15) is 0 Å². The summed E-state index contributed by atoms with van der Waals surface area (Å²) in [7, 11) is 0. The van der Waals surface area contributed by atoms with Crippen LogP contribution in [0.1, 0.15) is 73.1 Å². The summed E-state index contributed by atoms with van der Waals surface area (Å²) in [6, 6.07) is 0.578. The molecule has 0 aromatic heterocycles. The Kier molecular flexibility index (Phi) is 8.84. The quantitative estimate of drug-likeness (QED) is 0.627. The predicted octanol–water partition coefficient (Wildman–Crippen LogP) is 3.82. The van der Waals surface area contributed by atoms with Gasteiger partial charge < -0.3 is 10.1 Å². The zero-order chi connectivity index (χ0) is 15.7. The Hall–Kier alpha value is -0.120. The SMILES string of the molecule is CCNC(CCCC1CCCO1)C(C)(CC)N(CC)CC. The molecule has 1 rings (SSSR count). The van der Waals surface area contributed by atoms with Crippen LogP contribution in [0.5, 0.6) is 0 Å². The Labute approximate surface area is 132 Å². The van der Waals surface area contributed by atoms with Crippen LogP contribution in [0.25, 0.3) is 0 Å². The summed E-state index contributed by atoms with van der Waals surface area (Å²) in [6.45, 7) is 15.9. The van der Waals surface area contributed by atoms with Gasteiger partial charge in [0.1, 0.15) is 0 Å². The van der Waals surface area contributed by atoms with Gasteiger partial charge in [0.15, 0.2) is 0 Å². The molecule has 0 bridgehead atoms. The summed E-state index contributed by atoms with van der Waals surface area (Å²) in [5.41, 5.74) is 0.260. The maximum atomic E-state index is 5.77. The van der Waals surface area contributed by atoms with Gasteiger partial charge in [0.05, 0.1) is 6.10 Å². The number of likely N-dealkylation sites (N-methyl/N-ethyl adjacent to an activating group) is 2. The van der Waals surface area contributed by atoms with Crippen LogP contribution in [0.3, 0.4) is 0 Å². The zero-order valence-electron chi connectivity index (χ0n) is 15.1. The minimum absolute atomic E-state index is 0.260. The molecule has 3 atom stereocenters. The number of ether oxygens (including phenoxy) is 1. The third-order valence-corrected chi connectivity index (χ3v) is 5.45. The van der Waals surface area contributed by atoms with Gasteiger partial charge in [-0.25, -0.2) is 0 Å². The van der Waals surface area contributed by atoms with E-state index < -0.39 is 0 Å². The lowest BCUT2D eigenvalue weighted by molar-refractivity contribution is 0.0613. The molecule has 3 nitrogen and oxygen atoms in total. The highest BCUT2D eigenvalue weighted by atomic mass is 16.5. The molecule has 3 unspecified atom stereocenters. The van der Waals surface area contributed by atoms with Crippen LogP contribution >= 0.6 is 0 Å². The molecule has 0 spiro atoms. The van der Waals surface area contributed by atoms with Crippen molar-refractivity contribution in [1.29, 1.82) is 0 Å². The van der Waals surface area contributed by atoms with Crippen LogP contribution in [0.4, 0.5) is 0 Å². The summed E-state index contributed by atoms with van der Waals surface area (Å²) in [5, 5.41) is 3.77. The van der Waals surface area contributed by atoms with Gasteiger partial charge in [-0.1, -0.05) is 27.7 Å². The Morgan fingerprint density at radius 3 is 2.43 bits per heavy atom. The number of rotatable bonds is 11. The van der Waals surface area contributed by atoms with Gasteiger partial charge in [0.2, 0.25) is 0 Å². The van der Waals surface area contributed by atoms with E-state index >= 15 is 0 Å². The maximum Gasteiger partial charge on any atom is 0.0576 e. The van der Waals surface area contributed by atoms with Crippen LogP contribution in [0.15, 0.2) is 0 Å². The molecular weight excluding hydrogens is 260 g/mol. The largest absolute Gasteiger partial charge is 0.378 e. The highest BCUT2D eigenvalue weighted by Gasteiger charge is 2.36. The molecule has 126 valence electrons. The molecular formula is C18H38N2O. The lowest BCUT2D eigenvalue weighted by Crippen LogP contribution is -2.59. The van der Waals surface area contributed by atoms with Gasteiger partial charge in [-0.05, 0) is 65.1 Å². The van der Waals surface area contributed by atoms with Crippen LogP contribution in [-0.4, -0.2) is 48.8 Å². The maximum absolute atomic E-state index is 5.77. The average Bonchev–Trinajstić information content (AvgIpc) is 3.00. The van der Waals surface area contributed by atoms with Crippen LogP contribution in [0, 0.1) is 0 Å². The average molecular weight is 299 g/mol. The summed E-state index contributed by atoms with van der Waals surface area (Å²) >= 11 is 0. The standard InChI is InChI=1S/C18H38N2O/c1-6-18(5,20(8-3)9-4)17(19-7-2)14-10-12-16-13-11-15-21-16/h16-17,19H,6-15H2,1-5H3. The normalized spacial score (nSPS) is 23.4. The van der Waals surface area contributed by atoms with Crippen molar-refractivity contribution in [2.24, 2.45) is 0 Å². The Morgan fingerprint density at radius 2 is 1.95 bits per heavy atom. The third kappa shape index (κ3) is 5.22. The molecule has 1 aliphatic rings. The highest BCUT2D eigenvalue weighted by Crippen LogP contribution is 2.28. The second-order valence-corrected chi connectivity index (χ2v) is 6.56. The fraction of sp³-hybridized carbons (Fsp3) is 1.00. The van der Waals surface area contributed by atoms with Crippen LogP contribution in [0.2, 0.25) is 0 Å². The van der Waals surface area contributed by atoms with Crippen molar-refractivity contribution >= 4 is 0 Å². The van der Waals surface area contributed by atoms with E-state index in [2.05, 4.69) is 44.8 Å². The van der Waals surface area contributed by atoms with Gasteiger partial charge in [-0.3, -0.25) is 4.90 Å². The Bertz CT molecular complexity index is 262. The molecule has 0 aromatic rings. The van der Waals surface area contributed by atoms with Gasteiger partial charge in [0.25, 0.3) is 0 Å². The minimum atomic E-state index is 0.260. The fourth-order valence-corrected chi connectivity index (χ4v) is 3.94. The molecule has 1 heterocycles. The summed E-state index contributed by atoms with van der Waals surface area (Å²) in [4.78, 5) is 2.63. The fourth-order valence-electron chi connectivity index (χ4n) is 3.94. The first kappa shape index (κ1) is 18.9. The van der Waals surface area contributed by atoms with E-state index in [1.54, 1.807) is 0 Å². The topological polar surface area (TPSA) is 24.5 Å².